The predicted octanol–water partition coefficient (Wildman–Crippen LogP) is 4.84. The molecule has 0 aliphatic carbocycles. The van der Waals surface area contributed by atoms with Crippen LogP contribution in [-0.4, -0.2) is 22.2 Å². The number of fused-ring (bicyclic) bond motifs is 1. The summed E-state index contributed by atoms with van der Waals surface area (Å²) in [7, 11) is 0. The summed E-state index contributed by atoms with van der Waals surface area (Å²) in [5, 5.41) is 8.07. The van der Waals surface area contributed by atoms with E-state index in [-0.39, 0.29) is 11.5 Å². The molecule has 0 radical (unpaired) electrons. The highest BCUT2D eigenvalue weighted by Gasteiger charge is 2.07. The van der Waals surface area contributed by atoms with Crippen LogP contribution in [0.4, 0.5) is 0 Å². The van der Waals surface area contributed by atoms with Gasteiger partial charge in [0.1, 0.15) is 17.9 Å². The van der Waals surface area contributed by atoms with Crippen LogP contribution in [0.25, 0.3) is 16.7 Å². The van der Waals surface area contributed by atoms with E-state index in [1.165, 1.54) is 6.07 Å². The second kappa shape index (κ2) is 10.3. The van der Waals surface area contributed by atoms with E-state index in [4.69, 9.17) is 9.15 Å². The van der Waals surface area contributed by atoms with Crippen LogP contribution in [0.2, 0.25) is 0 Å². The van der Waals surface area contributed by atoms with Crippen molar-refractivity contribution in [3.63, 3.8) is 0 Å². The molecule has 7 heteroatoms. The molecule has 0 aliphatic heterocycles. The van der Waals surface area contributed by atoms with E-state index in [0.29, 0.717) is 30.0 Å². The van der Waals surface area contributed by atoms with Gasteiger partial charge in [0, 0.05) is 42.0 Å². The molecule has 0 spiro atoms. The standard InChI is InChI=1S/C29H25N3O4/c1-20-17-28(33)36-27-18-25(11-12-26(20)27)35-19-22-3-7-23(8-4-22)29(34)30-15-13-21-5-9-24(10-6-21)32-16-2-14-31-32/h2-12,14,16-18H,13,15,19H2,1H3,(H,30,34). The Balaban J connectivity index is 1.12. The van der Waals surface area contributed by atoms with Gasteiger partial charge in [-0.25, -0.2) is 9.48 Å². The van der Waals surface area contributed by atoms with Gasteiger partial charge in [0.25, 0.3) is 5.91 Å². The van der Waals surface area contributed by atoms with Crippen LogP contribution >= 0.6 is 0 Å². The number of aromatic nitrogens is 2. The van der Waals surface area contributed by atoms with Gasteiger partial charge >= 0.3 is 5.63 Å². The molecule has 0 saturated carbocycles. The van der Waals surface area contributed by atoms with Crippen molar-refractivity contribution in [3.05, 3.63) is 124 Å². The number of hydrogen-bond acceptors (Lipinski definition) is 5. The summed E-state index contributed by atoms with van der Waals surface area (Å²) in [4.78, 5) is 24.2. The van der Waals surface area contributed by atoms with Gasteiger partial charge < -0.3 is 14.5 Å². The average molecular weight is 480 g/mol. The molecular formula is C29H25N3O4. The Labute approximate surface area is 208 Å². The first kappa shape index (κ1) is 23.1. The summed E-state index contributed by atoms with van der Waals surface area (Å²) in [5.74, 6) is 0.492. The van der Waals surface area contributed by atoms with Crippen molar-refractivity contribution in [3.8, 4) is 11.4 Å². The number of nitrogens with zero attached hydrogens (tertiary/aromatic N) is 2. The smallest absolute Gasteiger partial charge is 0.336 e. The third-order valence-electron chi connectivity index (χ3n) is 5.95. The Morgan fingerprint density at radius 2 is 1.78 bits per heavy atom. The summed E-state index contributed by atoms with van der Waals surface area (Å²) >= 11 is 0. The maximum atomic E-state index is 12.5. The first-order valence-electron chi connectivity index (χ1n) is 11.7. The van der Waals surface area contributed by atoms with Crippen LogP contribution in [0.5, 0.6) is 5.75 Å². The fraction of sp³-hybridized carbons (Fsp3) is 0.138. The summed E-state index contributed by atoms with van der Waals surface area (Å²) in [6.07, 6.45) is 4.39. The van der Waals surface area contributed by atoms with Gasteiger partial charge in [0.15, 0.2) is 0 Å². The van der Waals surface area contributed by atoms with Crippen molar-refractivity contribution in [2.75, 3.05) is 6.54 Å². The number of carbonyl (C=O) groups excluding carboxylic acids is 1. The van der Waals surface area contributed by atoms with E-state index in [0.717, 1.165) is 34.2 Å². The molecule has 5 rings (SSSR count). The Kier molecular flexibility index (Phi) is 6.62. The first-order chi connectivity index (χ1) is 17.5. The van der Waals surface area contributed by atoms with E-state index < -0.39 is 0 Å². The number of hydrogen-bond donors (Lipinski definition) is 1. The zero-order valence-corrected chi connectivity index (χ0v) is 19.8. The van der Waals surface area contributed by atoms with Gasteiger partial charge in [-0.3, -0.25) is 4.79 Å². The Hall–Kier alpha value is -4.65. The molecule has 0 bridgehead atoms. The molecule has 0 atom stereocenters. The number of benzene rings is 3. The molecule has 2 aromatic heterocycles. The second-order valence-corrected chi connectivity index (χ2v) is 8.51. The molecule has 36 heavy (non-hydrogen) atoms. The van der Waals surface area contributed by atoms with E-state index in [2.05, 4.69) is 10.4 Å². The monoisotopic (exact) mass is 479 g/mol. The van der Waals surface area contributed by atoms with Crippen molar-refractivity contribution in [2.24, 2.45) is 0 Å². The molecule has 1 amide bonds. The van der Waals surface area contributed by atoms with Gasteiger partial charge in [-0.2, -0.15) is 5.10 Å². The van der Waals surface area contributed by atoms with Crippen LogP contribution in [0.15, 0.2) is 100 Å². The first-order valence-corrected chi connectivity index (χ1v) is 11.7. The fourth-order valence-electron chi connectivity index (χ4n) is 3.97. The summed E-state index contributed by atoms with van der Waals surface area (Å²) in [6, 6.07) is 24.2. The molecule has 2 heterocycles. The Bertz CT molecular complexity index is 1540. The van der Waals surface area contributed by atoms with Crippen molar-refractivity contribution in [1.82, 2.24) is 15.1 Å². The topological polar surface area (TPSA) is 86.4 Å². The maximum absolute atomic E-state index is 12.5. The Morgan fingerprint density at radius 1 is 1.00 bits per heavy atom. The van der Waals surface area contributed by atoms with E-state index in [1.54, 1.807) is 24.4 Å². The van der Waals surface area contributed by atoms with E-state index in [9.17, 15) is 9.59 Å². The third-order valence-corrected chi connectivity index (χ3v) is 5.95. The van der Waals surface area contributed by atoms with Gasteiger partial charge in [-0.15, -0.1) is 0 Å². The minimum absolute atomic E-state index is 0.115. The highest BCUT2D eigenvalue weighted by Crippen LogP contribution is 2.23. The van der Waals surface area contributed by atoms with Crippen LogP contribution in [0.3, 0.4) is 0 Å². The zero-order valence-electron chi connectivity index (χ0n) is 19.8. The SMILES string of the molecule is Cc1cc(=O)oc2cc(OCc3ccc(C(=O)NCCc4ccc(-n5cccn5)cc4)cc3)ccc12. The van der Waals surface area contributed by atoms with Gasteiger partial charge in [-0.05, 0) is 72.5 Å². The second-order valence-electron chi connectivity index (χ2n) is 8.51. The summed E-state index contributed by atoms with van der Waals surface area (Å²) in [5.41, 5.74) is 4.64. The molecule has 0 aliphatic rings. The molecule has 7 nitrogen and oxygen atoms in total. The summed E-state index contributed by atoms with van der Waals surface area (Å²) in [6.45, 7) is 2.75. The minimum Gasteiger partial charge on any atom is -0.489 e. The highest BCUT2D eigenvalue weighted by atomic mass is 16.5. The third kappa shape index (κ3) is 5.36. The minimum atomic E-state index is -0.380. The molecule has 180 valence electrons. The molecule has 1 N–H and O–H groups in total. The van der Waals surface area contributed by atoms with Crippen molar-refractivity contribution in [1.29, 1.82) is 0 Å². The number of carbonyl (C=O) groups is 1. The predicted molar refractivity (Wildman–Crippen MR) is 138 cm³/mol. The van der Waals surface area contributed by atoms with E-state index >= 15 is 0 Å². The number of nitrogens with one attached hydrogen (secondary N) is 1. The lowest BCUT2D eigenvalue weighted by Crippen LogP contribution is -2.25. The van der Waals surface area contributed by atoms with Crippen LogP contribution in [0, 0.1) is 6.92 Å². The number of ether oxygens (including phenoxy) is 1. The fourth-order valence-corrected chi connectivity index (χ4v) is 3.97. The van der Waals surface area contributed by atoms with Gasteiger partial charge in [0.2, 0.25) is 0 Å². The van der Waals surface area contributed by atoms with Gasteiger partial charge in [-0.1, -0.05) is 24.3 Å². The normalized spacial score (nSPS) is 10.9. The molecule has 0 saturated heterocycles. The summed E-state index contributed by atoms with van der Waals surface area (Å²) < 4.78 is 12.9. The van der Waals surface area contributed by atoms with Gasteiger partial charge in [0.05, 0.1) is 5.69 Å². The molecular weight excluding hydrogens is 454 g/mol. The number of amides is 1. The van der Waals surface area contributed by atoms with Crippen molar-refractivity contribution >= 4 is 16.9 Å². The Morgan fingerprint density at radius 3 is 2.53 bits per heavy atom. The van der Waals surface area contributed by atoms with Crippen LogP contribution in [0.1, 0.15) is 27.0 Å². The quantitative estimate of drug-likeness (QED) is 0.322. The highest BCUT2D eigenvalue weighted by molar-refractivity contribution is 5.94. The lowest BCUT2D eigenvalue weighted by atomic mass is 10.1. The number of aryl methyl sites for hydroxylation is 1. The lowest BCUT2D eigenvalue weighted by Gasteiger charge is -2.09. The molecule has 0 fully saturated rings. The molecule has 5 aromatic rings. The molecule has 0 unspecified atom stereocenters. The molecule has 3 aromatic carbocycles. The van der Waals surface area contributed by atoms with Crippen LogP contribution < -0.4 is 15.7 Å². The average Bonchev–Trinajstić information content (AvgIpc) is 3.43. The van der Waals surface area contributed by atoms with E-state index in [1.807, 2.05) is 72.4 Å². The number of rotatable bonds is 8. The van der Waals surface area contributed by atoms with Crippen LogP contribution in [-0.2, 0) is 13.0 Å². The lowest BCUT2D eigenvalue weighted by molar-refractivity contribution is 0.0954. The van der Waals surface area contributed by atoms with Crippen molar-refractivity contribution < 1.29 is 13.9 Å². The zero-order chi connectivity index (χ0) is 24.9. The largest absolute Gasteiger partial charge is 0.489 e. The van der Waals surface area contributed by atoms with Crippen molar-refractivity contribution in [2.45, 2.75) is 20.0 Å². The maximum Gasteiger partial charge on any atom is 0.336 e.